The summed E-state index contributed by atoms with van der Waals surface area (Å²) in [6.45, 7) is -0.334. The number of amides is 3. The van der Waals surface area contributed by atoms with Crippen LogP contribution in [0.3, 0.4) is 0 Å². The number of carbonyl (C=O) groups excluding carboxylic acids is 3. The first kappa shape index (κ1) is 14.7. The SMILES string of the molecule is O=C1c2ccccc2C(=O)N1CN1C(=O)COc2ccc(Cl)cc21. The molecule has 0 fully saturated rings. The van der Waals surface area contributed by atoms with Crippen molar-refractivity contribution < 1.29 is 19.1 Å². The maximum absolute atomic E-state index is 12.5. The Bertz CT molecular complexity index is 861. The summed E-state index contributed by atoms with van der Waals surface area (Å²) in [4.78, 5) is 39.6. The van der Waals surface area contributed by atoms with E-state index in [0.717, 1.165) is 4.90 Å². The predicted octanol–water partition coefficient (Wildman–Crippen LogP) is 2.32. The zero-order chi connectivity index (χ0) is 16.8. The lowest BCUT2D eigenvalue weighted by Crippen LogP contribution is -2.47. The number of rotatable bonds is 2. The van der Waals surface area contributed by atoms with Gasteiger partial charge in [0.15, 0.2) is 6.61 Å². The summed E-state index contributed by atoms with van der Waals surface area (Å²) >= 11 is 6.00. The van der Waals surface area contributed by atoms with E-state index < -0.39 is 11.8 Å². The summed E-state index contributed by atoms with van der Waals surface area (Å²) in [6.07, 6.45) is 0. The molecule has 2 aliphatic heterocycles. The van der Waals surface area contributed by atoms with Crippen LogP contribution in [0.2, 0.25) is 5.02 Å². The minimum atomic E-state index is -0.418. The van der Waals surface area contributed by atoms with Crippen LogP contribution < -0.4 is 9.64 Å². The summed E-state index contributed by atoms with van der Waals surface area (Å²) in [5, 5.41) is 0.430. The van der Waals surface area contributed by atoms with Gasteiger partial charge in [0.1, 0.15) is 12.4 Å². The van der Waals surface area contributed by atoms with Gasteiger partial charge in [0.05, 0.1) is 16.8 Å². The summed E-state index contributed by atoms with van der Waals surface area (Å²) < 4.78 is 5.36. The van der Waals surface area contributed by atoms with Gasteiger partial charge in [-0.05, 0) is 30.3 Å². The van der Waals surface area contributed by atoms with Crippen molar-refractivity contribution in [3.63, 3.8) is 0 Å². The molecule has 6 nitrogen and oxygen atoms in total. The second kappa shape index (κ2) is 5.35. The van der Waals surface area contributed by atoms with E-state index in [1.54, 1.807) is 42.5 Å². The molecule has 0 atom stereocenters. The first-order chi connectivity index (χ1) is 11.6. The molecule has 2 aliphatic rings. The van der Waals surface area contributed by atoms with Crippen molar-refractivity contribution in [3.05, 3.63) is 58.6 Å². The Morgan fingerprint density at radius 2 is 1.62 bits per heavy atom. The van der Waals surface area contributed by atoms with Crippen LogP contribution in [0.1, 0.15) is 20.7 Å². The Balaban J connectivity index is 1.70. The number of benzene rings is 2. The van der Waals surface area contributed by atoms with Crippen LogP contribution in [0, 0.1) is 0 Å². The topological polar surface area (TPSA) is 66.9 Å². The van der Waals surface area contributed by atoms with E-state index in [-0.39, 0.29) is 19.2 Å². The lowest BCUT2D eigenvalue weighted by atomic mass is 10.1. The van der Waals surface area contributed by atoms with Gasteiger partial charge in [0, 0.05) is 5.02 Å². The zero-order valence-corrected chi connectivity index (χ0v) is 13.1. The molecule has 4 rings (SSSR count). The molecule has 2 aromatic rings. The molecule has 120 valence electrons. The van der Waals surface area contributed by atoms with Gasteiger partial charge in [-0.3, -0.25) is 24.2 Å². The van der Waals surface area contributed by atoms with Gasteiger partial charge in [0.2, 0.25) is 0 Å². The summed E-state index contributed by atoms with van der Waals surface area (Å²) in [6, 6.07) is 11.5. The highest BCUT2D eigenvalue weighted by molar-refractivity contribution is 6.31. The Kier molecular flexibility index (Phi) is 3.28. The second-order valence-corrected chi connectivity index (χ2v) is 5.88. The van der Waals surface area contributed by atoms with Crippen LogP contribution in [-0.2, 0) is 4.79 Å². The Morgan fingerprint density at radius 3 is 2.29 bits per heavy atom. The molecular weight excluding hydrogens is 332 g/mol. The van der Waals surface area contributed by atoms with Gasteiger partial charge in [-0.2, -0.15) is 0 Å². The maximum atomic E-state index is 12.5. The molecule has 2 aromatic carbocycles. The van der Waals surface area contributed by atoms with E-state index in [0.29, 0.717) is 27.6 Å². The van der Waals surface area contributed by atoms with E-state index in [1.165, 1.54) is 4.90 Å². The van der Waals surface area contributed by atoms with Crippen LogP contribution in [0.25, 0.3) is 0 Å². The molecular formula is C17H11ClN2O4. The first-order valence-corrected chi connectivity index (χ1v) is 7.62. The quantitative estimate of drug-likeness (QED) is 0.786. The highest BCUT2D eigenvalue weighted by Crippen LogP contribution is 2.35. The number of halogens is 1. The average Bonchev–Trinajstić information content (AvgIpc) is 2.82. The molecule has 0 unspecified atom stereocenters. The lowest BCUT2D eigenvalue weighted by Gasteiger charge is -2.31. The Labute approximate surface area is 142 Å². The lowest BCUT2D eigenvalue weighted by molar-refractivity contribution is -0.121. The standard InChI is InChI=1S/C17H11ClN2O4/c18-10-5-6-14-13(7-10)19(15(21)8-24-14)9-20-16(22)11-3-1-2-4-12(11)17(20)23/h1-7H,8-9H2. The van der Waals surface area contributed by atoms with Crippen molar-refractivity contribution in [1.29, 1.82) is 0 Å². The van der Waals surface area contributed by atoms with E-state index in [1.807, 2.05) is 0 Å². The average molecular weight is 343 g/mol. The van der Waals surface area contributed by atoms with Crippen molar-refractivity contribution in [3.8, 4) is 5.75 Å². The Morgan fingerprint density at radius 1 is 0.958 bits per heavy atom. The molecule has 0 aromatic heterocycles. The molecule has 2 heterocycles. The molecule has 7 heteroatoms. The number of hydrogen-bond donors (Lipinski definition) is 0. The molecule has 0 N–H and O–H groups in total. The predicted molar refractivity (Wildman–Crippen MR) is 86.2 cm³/mol. The largest absolute Gasteiger partial charge is 0.482 e. The van der Waals surface area contributed by atoms with E-state index in [2.05, 4.69) is 0 Å². The molecule has 0 aliphatic carbocycles. The van der Waals surface area contributed by atoms with Gasteiger partial charge < -0.3 is 4.74 Å². The third-order valence-electron chi connectivity index (χ3n) is 4.03. The van der Waals surface area contributed by atoms with Gasteiger partial charge in [-0.1, -0.05) is 23.7 Å². The van der Waals surface area contributed by atoms with Crippen molar-refractivity contribution in [2.24, 2.45) is 0 Å². The van der Waals surface area contributed by atoms with Crippen molar-refractivity contribution in [1.82, 2.24) is 4.90 Å². The summed E-state index contributed by atoms with van der Waals surface area (Å²) in [5.41, 5.74) is 1.12. The highest BCUT2D eigenvalue weighted by Gasteiger charge is 2.38. The van der Waals surface area contributed by atoms with Crippen LogP contribution in [0.5, 0.6) is 5.75 Å². The smallest absolute Gasteiger partial charge is 0.266 e. The van der Waals surface area contributed by atoms with Crippen LogP contribution >= 0.6 is 11.6 Å². The molecule has 0 spiro atoms. The van der Waals surface area contributed by atoms with Gasteiger partial charge in [0.25, 0.3) is 17.7 Å². The Hall–Kier alpha value is -2.86. The number of fused-ring (bicyclic) bond motifs is 2. The normalized spacial score (nSPS) is 16.1. The van der Waals surface area contributed by atoms with Gasteiger partial charge in [-0.25, -0.2) is 0 Å². The number of carbonyl (C=O) groups is 3. The number of hydrogen-bond acceptors (Lipinski definition) is 4. The molecule has 0 saturated carbocycles. The second-order valence-electron chi connectivity index (χ2n) is 5.45. The van der Waals surface area contributed by atoms with E-state index in [9.17, 15) is 14.4 Å². The number of imide groups is 1. The molecule has 0 bridgehead atoms. The van der Waals surface area contributed by atoms with E-state index in [4.69, 9.17) is 16.3 Å². The first-order valence-electron chi connectivity index (χ1n) is 7.24. The fraction of sp³-hybridized carbons (Fsp3) is 0.118. The molecule has 0 saturated heterocycles. The number of anilines is 1. The monoisotopic (exact) mass is 342 g/mol. The summed E-state index contributed by atoms with van der Waals surface area (Å²) in [7, 11) is 0. The minimum Gasteiger partial charge on any atom is -0.482 e. The highest BCUT2D eigenvalue weighted by atomic mass is 35.5. The third-order valence-corrected chi connectivity index (χ3v) is 4.26. The molecule has 0 radical (unpaired) electrons. The van der Waals surface area contributed by atoms with Crippen LogP contribution in [0.15, 0.2) is 42.5 Å². The van der Waals surface area contributed by atoms with E-state index >= 15 is 0 Å². The minimum absolute atomic E-state index is 0.155. The maximum Gasteiger partial charge on any atom is 0.266 e. The fourth-order valence-electron chi connectivity index (χ4n) is 2.84. The van der Waals surface area contributed by atoms with Gasteiger partial charge >= 0.3 is 0 Å². The van der Waals surface area contributed by atoms with Crippen molar-refractivity contribution >= 4 is 35.0 Å². The van der Waals surface area contributed by atoms with Gasteiger partial charge in [-0.15, -0.1) is 0 Å². The summed E-state index contributed by atoms with van der Waals surface area (Å²) in [5.74, 6) is -0.700. The van der Waals surface area contributed by atoms with Crippen molar-refractivity contribution in [2.75, 3.05) is 18.2 Å². The molecule has 24 heavy (non-hydrogen) atoms. The fourth-order valence-corrected chi connectivity index (χ4v) is 3.01. The van der Waals surface area contributed by atoms with Crippen LogP contribution in [-0.4, -0.2) is 35.9 Å². The van der Waals surface area contributed by atoms with Crippen LogP contribution in [0.4, 0.5) is 5.69 Å². The number of nitrogens with zero attached hydrogens (tertiary/aromatic N) is 2. The molecule has 3 amide bonds. The van der Waals surface area contributed by atoms with Crippen molar-refractivity contribution in [2.45, 2.75) is 0 Å². The number of ether oxygens (including phenoxy) is 1. The zero-order valence-electron chi connectivity index (χ0n) is 12.4. The third kappa shape index (κ3) is 2.15.